The number of halogens is 3. The standard InChI is InChI=1S/C10H10ClN3S.C9H7Cl2N3S/c1-7-8(11)3-2-4-9(7)13-14-10-12-5-6-15-10;10-6-2-1-3-7(8(6)11)13-14-9-12-4-5-15-9/h2-4H,5-6H2,1H3;1-3H,4-5H2. The second-order valence-electron chi connectivity index (χ2n) is 5.88. The van der Waals surface area contributed by atoms with Crippen molar-refractivity contribution in [3.8, 4) is 0 Å². The Morgan fingerprint density at radius 3 is 1.83 bits per heavy atom. The third-order valence-electron chi connectivity index (χ3n) is 3.80. The number of azo groups is 2. The van der Waals surface area contributed by atoms with Gasteiger partial charge in [0.15, 0.2) is 0 Å². The van der Waals surface area contributed by atoms with Gasteiger partial charge in [-0.15, -0.1) is 20.5 Å². The maximum Gasteiger partial charge on any atom is 0.204 e. The molecule has 2 aromatic rings. The van der Waals surface area contributed by atoms with E-state index in [1.807, 2.05) is 25.1 Å². The van der Waals surface area contributed by atoms with Gasteiger partial charge in [-0.05, 0) is 36.8 Å². The van der Waals surface area contributed by atoms with Gasteiger partial charge in [0.05, 0.1) is 28.8 Å². The molecule has 2 aliphatic heterocycles. The zero-order valence-corrected chi connectivity index (χ0v) is 19.8. The molecular formula is C19H17Cl3N6S2. The van der Waals surface area contributed by atoms with E-state index in [2.05, 4.69) is 30.4 Å². The molecule has 0 aliphatic carbocycles. The first kappa shape index (κ1) is 23.2. The summed E-state index contributed by atoms with van der Waals surface area (Å²) in [5, 5.41) is 19.3. The van der Waals surface area contributed by atoms with Crippen LogP contribution in [-0.2, 0) is 0 Å². The Balaban J connectivity index is 0.000000171. The van der Waals surface area contributed by atoms with Crippen molar-refractivity contribution in [2.45, 2.75) is 6.92 Å². The van der Waals surface area contributed by atoms with Crippen molar-refractivity contribution in [2.24, 2.45) is 30.4 Å². The summed E-state index contributed by atoms with van der Waals surface area (Å²) in [7, 11) is 0. The van der Waals surface area contributed by atoms with Gasteiger partial charge in [-0.3, -0.25) is 9.98 Å². The van der Waals surface area contributed by atoms with Crippen LogP contribution in [0.5, 0.6) is 0 Å². The molecule has 0 aromatic heterocycles. The lowest BCUT2D eigenvalue weighted by atomic mass is 10.2. The van der Waals surface area contributed by atoms with Crippen molar-refractivity contribution in [1.29, 1.82) is 0 Å². The van der Waals surface area contributed by atoms with E-state index in [0.717, 1.165) is 41.0 Å². The summed E-state index contributed by atoms with van der Waals surface area (Å²) in [6, 6.07) is 10.9. The Morgan fingerprint density at radius 2 is 1.27 bits per heavy atom. The lowest BCUT2D eigenvalue weighted by Crippen LogP contribution is -1.79. The highest BCUT2D eigenvalue weighted by Crippen LogP contribution is 2.32. The molecule has 2 aliphatic rings. The normalized spacial score (nSPS) is 16.0. The molecule has 2 aromatic carbocycles. The number of hydrogen-bond donors (Lipinski definition) is 0. The van der Waals surface area contributed by atoms with Gasteiger partial charge in [0.2, 0.25) is 10.3 Å². The van der Waals surface area contributed by atoms with E-state index < -0.39 is 0 Å². The maximum absolute atomic E-state index is 5.97. The summed E-state index contributed by atoms with van der Waals surface area (Å²) < 4.78 is 0. The lowest BCUT2D eigenvalue weighted by Gasteiger charge is -1.99. The van der Waals surface area contributed by atoms with E-state index in [0.29, 0.717) is 25.9 Å². The molecule has 2 heterocycles. The molecule has 0 bridgehead atoms. The molecule has 0 radical (unpaired) electrons. The van der Waals surface area contributed by atoms with Crippen LogP contribution in [0.3, 0.4) is 0 Å². The van der Waals surface area contributed by atoms with Gasteiger partial charge >= 0.3 is 0 Å². The van der Waals surface area contributed by atoms with Crippen molar-refractivity contribution >= 4 is 80.0 Å². The second-order valence-corrected chi connectivity index (χ2v) is 9.20. The minimum absolute atomic E-state index is 0.423. The summed E-state index contributed by atoms with van der Waals surface area (Å²) in [5.74, 6) is 1.97. The minimum atomic E-state index is 0.423. The van der Waals surface area contributed by atoms with E-state index >= 15 is 0 Å². The predicted molar refractivity (Wildman–Crippen MR) is 131 cm³/mol. The molecule has 0 atom stereocenters. The number of thioether (sulfide) groups is 2. The van der Waals surface area contributed by atoms with Crippen molar-refractivity contribution < 1.29 is 0 Å². The minimum Gasteiger partial charge on any atom is -0.258 e. The zero-order chi connectivity index (χ0) is 21.3. The van der Waals surface area contributed by atoms with Crippen molar-refractivity contribution in [1.82, 2.24) is 0 Å². The number of aliphatic imine (C=N–C) groups is 2. The van der Waals surface area contributed by atoms with Gasteiger partial charge in [-0.1, -0.05) is 70.5 Å². The molecule has 0 saturated heterocycles. The topological polar surface area (TPSA) is 74.2 Å². The smallest absolute Gasteiger partial charge is 0.204 e. The summed E-state index contributed by atoms with van der Waals surface area (Å²) in [6.45, 7) is 3.58. The van der Waals surface area contributed by atoms with E-state index in [4.69, 9.17) is 34.8 Å². The second kappa shape index (κ2) is 11.8. The van der Waals surface area contributed by atoms with Crippen molar-refractivity contribution in [3.63, 3.8) is 0 Å². The molecule has 0 unspecified atom stereocenters. The summed E-state index contributed by atoms with van der Waals surface area (Å²) >= 11 is 21.0. The largest absolute Gasteiger partial charge is 0.258 e. The first-order valence-corrected chi connectivity index (χ1v) is 12.0. The molecule has 0 N–H and O–H groups in total. The number of rotatable bonds is 2. The van der Waals surface area contributed by atoms with Crippen LogP contribution in [0.15, 0.2) is 66.8 Å². The Labute approximate surface area is 198 Å². The van der Waals surface area contributed by atoms with E-state index in [1.54, 1.807) is 41.7 Å². The summed E-state index contributed by atoms with van der Waals surface area (Å²) in [5.41, 5.74) is 2.32. The highest BCUT2D eigenvalue weighted by molar-refractivity contribution is 8.14. The molecule has 30 heavy (non-hydrogen) atoms. The van der Waals surface area contributed by atoms with Gasteiger partial charge in [0.25, 0.3) is 0 Å². The molecule has 0 fully saturated rings. The maximum atomic E-state index is 5.97. The van der Waals surface area contributed by atoms with Gasteiger partial charge in [0, 0.05) is 16.5 Å². The third kappa shape index (κ3) is 6.78. The van der Waals surface area contributed by atoms with Crippen LogP contribution < -0.4 is 0 Å². The third-order valence-corrected chi connectivity index (χ3v) is 6.73. The Kier molecular flexibility index (Phi) is 9.14. The quantitative estimate of drug-likeness (QED) is 0.392. The van der Waals surface area contributed by atoms with Crippen LogP contribution in [0, 0.1) is 6.92 Å². The molecule has 4 rings (SSSR count). The molecule has 0 saturated carbocycles. The van der Waals surface area contributed by atoms with Crippen LogP contribution in [0.25, 0.3) is 0 Å². The van der Waals surface area contributed by atoms with Crippen LogP contribution in [-0.4, -0.2) is 34.9 Å². The van der Waals surface area contributed by atoms with Gasteiger partial charge in [-0.2, -0.15) is 0 Å². The molecule has 156 valence electrons. The Bertz CT molecular complexity index is 942. The summed E-state index contributed by atoms with van der Waals surface area (Å²) in [4.78, 5) is 8.34. The van der Waals surface area contributed by atoms with Gasteiger partial charge in [0.1, 0.15) is 5.69 Å². The SMILES string of the molecule is Cc1c(Cl)cccc1N=NC1=NCCS1.Clc1cccc(N=NC2=NCCS2)c1Cl. The van der Waals surface area contributed by atoms with Crippen molar-refractivity contribution in [3.05, 3.63) is 57.0 Å². The summed E-state index contributed by atoms with van der Waals surface area (Å²) in [6.07, 6.45) is 0. The number of benzene rings is 2. The number of amidine groups is 2. The lowest BCUT2D eigenvalue weighted by molar-refractivity contribution is 1.16. The van der Waals surface area contributed by atoms with E-state index in [9.17, 15) is 0 Å². The fourth-order valence-corrected chi connectivity index (χ4v) is 4.03. The highest BCUT2D eigenvalue weighted by atomic mass is 35.5. The van der Waals surface area contributed by atoms with E-state index in [1.165, 1.54) is 0 Å². The Hall–Kier alpha value is -1.45. The molecule has 6 nitrogen and oxygen atoms in total. The predicted octanol–water partition coefficient (Wildman–Crippen LogP) is 8.01. The molecule has 0 amide bonds. The highest BCUT2D eigenvalue weighted by Gasteiger charge is 2.07. The van der Waals surface area contributed by atoms with Crippen LogP contribution in [0.4, 0.5) is 11.4 Å². The van der Waals surface area contributed by atoms with E-state index in [-0.39, 0.29) is 0 Å². The fraction of sp³-hybridized carbons (Fsp3) is 0.263. The Morgan fingerprint density at radius 1 is 0.733 bits per heavy atom. The number of nitrogens with zero attached hydrogens (tertiary/aromatic N) is 6. The monoisotopic (exact) mass is 498 g/mol. The van der Waals surface area contributed by atoms with Crippen LogP contribution in [0.2, 0.25) is 15.1 Å². The molecule has 11 heteroatoms. The molecular weight excluding hydrogens is 483 g/mol. The average Bonchev–Trinajstić information content (AvgIpc) is 3.45. The van der Waals surface area contributed by atoms with Crippen molar-refractivity contribution in [2.75, 3.05) is 24.6 Å². The number of hydrogen-bond acceptors (Lipinski definition) is 8. The fourth-order valence-electron chi connectivity index (χ4n) is 2.24. The van der Waals surface area contributed by atoms with Gasteiger partial charge < -0.3 is 0 Å². The first-order valence-electron chi connectivity index (χ1n) is 8.91. The van der Waals surface area contributed by atoms with Gasteiger partial charge in [-0.25, -0.2) is 0 Å². The average molecular weight is 500 g/mol. The zero-order valence-electron chi connectivity index (χ0n) is 15.9. The van der Waals surface area contributed by atoms with Crippen LogP contribution >= 0.6 is 58.3 Å². The van der Waals surface area contributed by atoms with Crippen LogP contribution in [0.1, 0.15) is 5.56 Å². The molecule has 0 spiro atoms. The first-order chi connectivity index (χ1) is 14.5.